The van der Waals surface area contributed by atoms with E-state index in [2.05, 4.69) is 35.3 Å². The molecule has 162 valence electrons. The van der Waals surface area contributed by atoms with Crippen molar-refractivity contribution in [2.75, 3.05) is 0 Å². The van der Waals surface area contributed by atoms with Crippen LogP contribution in [0.3, 0.4) is 0 Å². The van der Waals surface area contributed by atoms with Crippen molar-refractivity contribution in [1.29, 1.82) is 0 Å². The predicted octanol–water partition coefficient (Wildman–Crippen LogP) is 5.81. The van der Waals surface area contributed by atoms with Gasteiger partial charge in [0.1, 0.15) is 0 Å². The van der Waals surface area contributed by atoms with E-state index in [1.165, 1.54) is 0 Å². The number of rotatable bonds is 6. The van der Waals surface area contributed by atoms with Crippen LogP contribution in [-0.4, -0.2) is 25.8 Å². The smallest absolute Gasteiger partial charge is 0.311 e. The van der Waals surface area contributed by atoms with Crippen LogP contribution < -0.4 is 0 Å². The number of hydrogen-bond acceptors (Lipinski definition) is 3. The van der Waals surface area contributed by atoms with Gasteiger partial charge in [-0.25, -0.2) is 9.67 Å². The molecule has 0 aliphatic rings. The monoisotopic (exact) mass is 433 g/mol. The summed E-state index contributed by atoms with van der Waals surface area (Å²) < 4.78 is 1.80. The number of carboxylic acids is 1. The van der Waals surface area contributed by atoms with Crippen LogP contribution in [0.15, 0.2) is 97.2 Å². The van der Waals surface area contributed by atoms with E-state index in [-0.39, 0.29) is 0 Å². The molecule has 0 aliphatic carbocycles. The van der Waals surface area contributed by atoms with Gasteiger partial charge in [0.15, 0.2) is 5.82 Å². The summed E-state index contributed by atoms with van der Waals surface area (Å²) in [5.41, 5.74) is 4.40. The maximum absolute atomic E-state index is 12.1. The van der Waals surface area contributed by atoms with Crippen LogP contribution in [0.5, 0.6) is 0 Å². The maximum atomic E-state index is 12.1. The fraction of sp³-hybridized carbons (Fsp3) is 0.107. The summed E-state index contributed by atoms with van der Waals surface area (Å²) in [4.78, 5) is 16.6. The van der Waals surface area contributed by atoms with Crippen LogP contribution in [0.1, 0.15) is 22.7 Å². The van der Waals surface area contributed by atoms with Crippen molar-refractivity contribution in [3.8, 4) is 17.1 Å². The first-order chi connectivity index (χ1) is 16.1. The van der Waals surface area contributed by atoms with Crippen LogP contribution in [-0.2, 0) is 11.2 Å². The lowest BCUT2D eigenvalue weighted by Gasteiger charge is -2.12. The summed E-state index contributed by atoms with van der Waals surface area (Å²) in [5.74, 6) is -0.851. The van der Waals surface area contributed by atoms with E-state index >= 15 is 0 Å². The zero-order valence-corrected chi connectivity index (χ0v) is 18.2. The molecule has 3 aromatic carbocycles. The van der Waals surface area contributed by atoms with Crippen molar-refractivity contribution in [3.63, 3.8) is 0 Å². The van der Waals surface area contributed by atoms with Crippen LogP contribution in [0.2, 0.25) is 0 Å². The quantitative estimate of drug-likeness (QED) is 0.367. The number of carboxylic acid groups (broad SMARTS) is 1. The number of fused-ring (bicyclic) bond motifs is 1. The molecule has 0 radical (unpaired) electrons. The van der Waals surface area contributed by atoms with E-state index < -0.39 is 11.9 Å². The molecule has 5 heteroatoms. The van der Waals surface area contributed by atoms with Crippen molar-refractivity contribution in [2.45, 2.75) is 19.3 Å². The summed E-state index contributed by atoms with van der Waals surface area (Å²) in [7, 11) is 0. The normalized spacial score (nSPS) is 12.0. The van der Waals surface area contributed by atoms with Gasteiger partial charge in [-0.1, -0.05) is 72.3 Å². The molecule has 2 aromatic heterocycles. The molecule has 1 N–H and O–H groups in total. The lowest BCUT2D eigenvalue weighted by Crippen LogP contribution is -2.15. The van der Waals surface area contributed by atoms with Gasteiger partial charge in [-0.2, -0.15) is 5.10 Å². The third-order valence-corrected chi connectivity index (χ3v) is 5.83. The second-order valence-corrected chi connectivity index (χ2v) is 8.19. The van der Waals surface area contributed by atoms with Gasteiger partial charge in [0.05, 0.1) is 17.3 Å². The van der Waals surface area contributed by atoms with E-state index in [0.29, 0.717) is 17.9 Å². The fourth-order valence-corrected chi connectivity index (χ4v) is 4.18. The summed E-state index contributed by atoms with van der Waals surface area (Å²) in [6.45, 7) is 1.97. The third kappa shape index (κ3) is 4.26. The molecule has 5 aromatic rings. The van der Waals surface area contributed by atoms with Crippen molar-refractivity contribution in [1.82, 2.24) is 14.8 Å². The van der Waals surface area contributed by atoms with E-state index in [1.54, 1.807) is 10.9 Å². The summed E-state index contributed by atoms with van der Waals surface area (Å²) in [5, 5.41) is 17.1. The summed E-state index contributed by atoms with van der Waals surface area (Å²) in [6, 6.07) is 29.8. The molecular formula is C28H23N3O2. The Labute approximate surface area is 192 Å². The van der Waals surface area contributed by atoms with Crippen molar-refractivity contribution >= 4 is 16.7 Å². The Hall–Kier alpha value is -4.25. The number of benzene rings is 3. The van der Waals surface area contributed by atoms with Gasteiger partial charge in [0.25, 0.3) is 0 Å². The van der Waals surface area contributed by atoms with Crippen molar-refractivity contribution in [3.05, 3.63) is 114 Å². The molecular weight excluding hydrogens is 410 g/mol. The first-order valence-corrected chi connectivity index (χ1v) is 10.9. The molecule has 0 fully saturated rings. The highest BCUT2D eigenvalue weighted by molar-refractivity contribution is 5.87. The highest BCUT2D eigenvalue weighted by atomic mass is 16.4. The molecule has 0 amide bonds. The van der Waals surface area contributed by atoms with E-state index in [4.69, 9.17) is 5.10 Å². The van der Waals surface area contributed by atoms with Crippen molar-refractivity contribution < 1.29 is 9.90 Å². The topological polar surface area (TPSA) is 68.0 Å². The van der Waals surface area contributed by atoms with Gasteiger partial charge in [0, 0.05) is 18.2 Å². The van der Waals surface area contributed by atoms with Gasteiger partial charge in [-0.15, -0.1) is 0 Å². The Morgan fingerprint density at radius 1 is 0.909 bits per heavy atom. The summed E-state index contributed by atoms with van der Waals surface area (Å²) in [6.07, 6.45) is 2.02. The largest absolute Gasteiger partial charge is 0.481 e. The first-order valence-electron chi connectivity index (χ1n) is 10.9. The van der Waals surface area contributed by atoms with Gasteiger partial charge in [-0.3, -0.25) is 4.79 Å². The van der Waals surface area contributed by atoms with E-state index in [1.807, 2.05) is 67.6 Å². The van der Waals surface area contributed by atoms with Crippen LogP contribution in [0, 0.1) is 6.92 Å². The lowest BCUT2D eigenvalue weighted by molar-refractivity contribution is -0.138. The summed E-state index contributed by atoms with van der Waals surface area (Å²) >= 11 is 0. The Morgan fingerprint density at radius 3 is 2.48 bits per heavy atom. The number of aryl methyl sites for hydroxylation is 1. The number of aromatic nitrogens is 3. The Bertz CT molecular complexity index is 1440. The third-order valence-electron chi connectivity index (χ3n) is 5.83. The molecule has 5 rings (SSSR count). The standard InChI is InChI=1S/C28H23N3O2/c1-19-7-6-10-22(15-19)25(28(32)33)17-24-18-26(31(30-24)27-11-4-5-14-29-27)23-13-12-20-8-2-3-9-21(20)16-23/h2-16,18,25H,17H2,1H3,(H,32,33). The van der Waals surface area contributed by atoms with E-state index in [0.717, 1.165) is 33.2 Å². The lowest BCUT2D eigenvalue weighted by atomic mass is 9.93. The second kappa shape index (κ2) is 8.71. The van der Waals surface area contributed by atoms with Crippen LogP contribution >= 0.6 is 0 Å². The molecule has 1 unspecified atom stereocenters. The highest BCUT2D eigenvalue weighted by Gasteiger charge is 2.23. The number of hydrogen-bond donors (Lipinski definition) is 1. The number of pyridine rings is 1. The minimum atomic E-state index is -0.861. The molecule has 0 spiro atoms. The first kappa shape index (κ1) is 20.6. The number of carbonyl (C=O) groups is 1. The van der Waals surface area contributed by atoms with Gasteiger partial charge in [-0.05, 0) is 47.5 Å². The average Bonchev–Trinajstić information content (AvgIpc) is 3.27. The van der Waals surface area contributed by atoms with Gasteiger partial charge >= 0.3 is 5.97 Å². The van der Waals surface area contributed by atoms with Crippen molar-refractivity contribution in [2.24, 2.45) is 0 Å². The minimum Gasteiger partial charge on any atom is -0.481 e. The fourth-order valence-electron chi connectivity index (χ4n) is 4.18. The molecule has 2 heterocycles. The van der Waals surface area contributed by atoms with Crippen LogP contribution in [0.25, 0.3) is 27.8 Å². The Balaban J connectivity index is 1.60. The molecule has 0 aliphatic heterocycles. The zero-order chi connectivity index (χ0) is 22.8. The average molecular weight is 434 g/mol. The molecule has 5 nitrogen and oxygen atoms in total. The second-order valence-electron chi connectivity index (χ2n) is 8.19. The molecule has 0 bridgehead atoms. The number of nitrogens with zero attached hydrogens (tertiary/aromatic N) is 3. The van der Waals surface area contributed by atoms with Gasteiger partial charge < -0.3 is 5.11 Å². The maximum Gasteiger partial charge on any atom is 0.311 e. The van der Waals surface area contributed by atoms with Gasteiger partial charge in [0.2, 0.25) is 0 Å². The molecule has 0 saturated heterocycles. The Morgan fingerprint density at radius 2 is 1.73 bits per heavy atom. The SMILES string of the molecule is Cc1cccc(C(Cc2cc(-c3ccc4ccccc4c3)n(-c3ccccn3)n2)C(=O)O)c1. The van der Waals surface area contributed by atoms with Crippen LogP contribution in [0.4, 0.5) is 0 Å². The molecule has 0 saturated carbocycles. The predicted molar refractivity (Wildman–Crippen MR) is 130 cm³/mol. The highest BCUT2D eigenvalue weighted by Crippen LogP contribution is 2.29. The zero-order valence-electron chi connectivity index (χ0n) is 18.2. The molecule has 33 heavy (non-hydrogen) atoms. The number of aliphatic carboxylic acids is 1. The minimum absolute atomic E-state index is 0.291. The molecule has 1 atom stereocenters. The van der Waals surface area contributed by atoms with E-state index in [9.17, 15) is 9.90 Å². The Kier molecular flexibility index (Phi) is 5.45.